The van der Waals surface area contributed by atoms with E-state index in [1.807, 2.05) is 0 Å². The Morgan fingerprint density at radius 1 is 1.20 bits per heavy atom. The molecule has 6 heteroatoms. The predicted molar refractivity (Wildman–Crippen MR) is 66.6 cm³/mol. The average molecular weight is 287 g/mol. The summed E-state index contributed by atoms with van der Waals surface area (Å²) in [5, 5.41) is 0. The largest absolute Gasteiger partial charge is 0.416 e. The number of alkyl halides is 3. The van der Waals surface area contributed by atoms with E-state index in [4.69, 9.17) is 4.84 Å². The van der Waals surface area contributed by atoms with E-state index in [0.717, 1.165) is 37.8 Å². The van der Waals surface area contributed by atoms with Gasteiger partial charge >= 0.3 is 6.18 Å². The van der Waals surface area contributed by atoms with E-state index in [1.165, 1.54) is 12.1 Å². The van der Waals surface area contributed by atoms with Crippen molar-refractivity contribution < 1.29 is 22.8 Å². The molecule has 0 bridgehead atoms. The van der Waals surface area contributed by atoms with E-state index in [2.05, 4.69) is 5.48 Å². The molecule has 0 aliphatic heterocycles. The quantitative estimate of drug-likeness (QED) is 0.863. The van der Waals surface area contributed by atoms with Crippen LogP contribution in [0.2, 0.25) is 0 Å². The van der Waals surface area contributed by atoms with Crippen LogP contribution in [-0.2, 0) is 22.2 Å². The minimum Gasteiger partial charge on any atom is -0.272 e. The molecular weight excluding hydrogens is 271 g/mol. The van der Waals surface area contributed by atoms with E-state index >= 15 is 0 Å². The third kappa shape index (κ3) is 4.23. The predicted octanol–water partition coefficient (Wildman–Crippen LogP) is 3.24. The SMILES string of the molecule is O=C(Cc1ccc(C(F)(F)F)cc1)NOC1CCCC1. The number of hydrogen-bond donors (Lipinski definition) is 1. The number of halogens is 3. The zero-order valence-corrected chi connectivity index (χ0v) is 10.9. The number of nitrogens with one attached hydrogen (secondary N) is 1. The average Bonchev–Trinajstić information content (AvgIpc) is 2.89. The van der Waals surface area contributed by atoms with Crippen LogP contribution >= 0.6 is 0 Å². The van der Waals surface area contributed by atoms with Crippen LogP contribution in [0.4, 0.5) is 13.2 Å². The first-order valence-corrected chi connectivity index (χ1v) is 6.56. The minimum atomic E-state index is -4.35. The monoisotopic (exact) mass is 287 g/mol. The van der Waals surface area contributed by atoms with Crippen molar-refractivity contribution in [2.24, 2.45) is 0 Å². The lowest BCUT2D eigenvalue weighted by atomic mass is 10.1. The molecule has 1 amide bonds. The number of rotatable bonds is 4. The lowest BCUT2D eigenvalue weighted by molar-refractivity contribution is -0.137. The van der Waals surface area contributed by atoms with Crippen LogP contribution in [0.5, 0.6) is 0 Å². The second-order valence-corrected chi connectivity index (χ2v) is 4.92. The molecule has 1 saturated carbocycles. The van der Waals surface area contributed by atoms with Gasteiger partial charge in [0, 0.05) is 0 Å². The minimum absolute atomic E-state index is 0.00482. The van der Waals surface area contributed by atoms with Crippen molar-refractivity contribution in [2.75, 3.05) is 0 Å². The van der Waals surface area contributed by atoms with Crippen LogP contribution in [0.15, 0.2) is 24.3 Å². The van der Waals surface area contributed by atoms with Crippen molar-refractivity contribution in [3.63, 3.8) is 0 Å². The van der Waals surface area contributed by atoms with Gasteiger partial charge in [-0.1, -0.05) is 25.0 Å². The molecule has 3 nitrogen and oxygen atoms in total. The molecule has 1 aliphatic rings. The van der Waals surface area contributed by atoms with Crippen LogP contribution in [0.25, 0.3) is 0 Å². The Hall–Kier alpha value is -1.56. The molecule has 0 aromatic heterocycles. The Balaban J connectivity index is 1.81. The Bertz CT molecular complexity index is 450. The van der Waals surface area contributed by atoms with Gasteiger partial charge < -0.3 is 0 Å². The van der Waals surface area contributed by atoms with E-state index < -0.39 is 11.7 Å². The van der Waals surface area contributed by atoms with E-state index in [0.29, 0.717) is 5.56 Å². The van der Waals surface area contributed by atoms with Gasteiger partial charge in [-0.15, -0.1) is 0 Å². The number of carbonyl (C=O) groups is 1. The molecule has 0 heterocycles. The van der Waals surface area contributed by atoms with Gasteiger partial charge in [0.25, 0.3) is 0 Å². The maximum atomic E-state index is 12.4. The van der Waals surface area contributed by atoms with Crippen molar-refractivity contribution in [3.05, 3.63) is 35.4 Å². The highest BCUT2D eigenvalue weighted by Crippen LogP contribution is 2.29. The van der Waals surface area contributed by atoms with Gasteiger partial charge in [-0.2, -0.15) is 13.2 Å². The number of amides is 1. The Kier molecular flexibility index (Phi) is 4.65. The third-order valence-electron chi connectivity index (χ3n) is 3.29. The smallest absolute Gasteiger partial charge is 0.272 e. The lowest BCUT2D eigenvalue weighted by Gasteiger charge is -2.11. The van der Waals surface area contributed by atoms with Crippen molar-refractivity contribution in [1.82, 2.24) is 5.48 Å². The Labute approximate surface area is 115 Å². The Morgan fingerprint density at radius 2 is 1.80 bits per heavy atom. The fourth-order valence-corrected chi connectivity index (χ4v) is 2.19. The lowest BCUT2D eigenvalue weighted by Crippen LogP contribution is -2.29. The Morgan fingerprint density at radius 3 is 2.35 bits per heavy atom. The second kappa shape index (κ2) is 6.26. The van der Waals surface area contributed by atoms with Crippen LogP contribution in [-0.4, -0.2) is 12.0 Å². The van der Waals surface area contributed by atoms with Gasteiger partial charge in [-0.25, -0.2) is 5.48 Å². The number of carbonyl (C=O) groups excluding carboxylic acids is 1. The molecule has 0 saturated heterocycles. The highest BCUT2D eigenvalue weighted by molar-refractivity contribution is 5.77. The second-order valence-electron chi connectivity index (χ2n) is 4.92. The summed E-state index contributed by atoms with van der Waals surface area (Å²) in [5.74, 6) is -0.350. The molecular formula is C14H16F3NO2. The summed E-state index contributed by atoms with van der Waals surface area (Å²) in [6.45, 7) is 0. The molecule has 20 heavy (non-hydrogen) atoms. The van der Waals surface area contributed by atoms with Gasteiger partial charge in [-0.3, -0.25) is 9.63 Å². The summed E-state index contributed by atoms with van der Waals surface area (Å²) in [5.41, 5.74) is 2.16. The van der Waals surface area contributed by atoms with Crippen LogP contribution in [0.1, 0.15) is 36.8 Å². The number of hydroxylamine groups is 1. The molecule has 1 aromatic carbocycles. The topological polar surface area (TPSA) is 38.3 Å². The third-order valence-corrected chi connectivity index (χ3v) is 3.29. The van der Waals surface area contributed by atoms with Gasteiger partial charge in [-0.05, 0) is 30.5 Å². The van der Waals surface area contributed by atoms with Crippen molar-refractivity contribution in [2.45, 2.75) is 44.4 Å². The molecule has 2 rings (SSSR count). The highest BCUT2D eigenvalue weighted by atomic mass is 19.4. The highest BCUT2D eigenvalue weighted by Gasteiger charge is 2.30. The molecule has 0 spiro atoms. The zero-order valence-electron chi connectivity index (χ0n) is 10.9. The number of benzene rings is 1. The van der Waals surface area contributed by atoms with Gasteiger partial charge in [0.2, 0.25) is 5.91 Å². The summed E-state index contributed by atoms with van der Waals surface area (Å²) >= 11 is 0. The molecule has 0 unspecified atom stereocenters. The van der Waals surface area contributed by atoms with Crippen molar-refractivity contribution in [1.29, 1.82) is 0 Å². The van der Waals surface area contributed by atoms with Gasteiger partial charge in [0.15, 0.2) is 0 Å². The van der Waals surface area contributed by atoms with E-state index in [1.54, 1.807) is 0 Å². The summed E-state index contributed by atoms with van der Waals surface area (Å²) in [6, 6.07) is 4.55. The maximum absolute atomic E-state index is 12.4. The fourth-order valence-electron chi connectivity index (χ4n) is 2.19. The van der Waals surface area contributed by atoms with Crippen molar-refractivity contribution in [3.8, 4) is 0 Å². The number of hydrogen-bond acceptors (Lipinski definition) is 2. The van der Waals surface area contributed by atoms with Gasteiger partial charge in [0.1, 0.15) is 0 Å². The van der Waals surface area contributed by atoms with Crippen molar-refractivity contribution >= 4 is 5.91 Å². The first-order valence-electron chi connectivity index (χ1n) is 6.56. The van der Waals surface area contributed by atoms with E-state index in [-0.39, 0.29) is 18.4 Å². The molecule has 1 aromatic rings. The molecule has 110 valence electrons. The summed E-state index contributed by atoms with van der Waals surface area (Å²) in [6.07, 6.45) is -0.233. The first kappa shape index (κ1) is 14.8. The molecule has 1 fully saturated rings. The molecule has 1 aliphatic carbocycles. The van der Waals surface area contributed by atoms with Crippen LogP contribution in [0.3, 0.4) is 0 Å². The summed E-state index contributed by atoms with van der Waals surface area (Å²) in [4.78, 5) is 16.8. The molecule has 0 radical (unpaired) electrons. The van der Waals surface area contributed by atoms with Crippen LogP contribution < -0.4 is 5.48 Å². The van der Waals surface area contributed by atoms with E-state index in [9.17, 15) is 18.0 Å². The fraction of sp³-hybridized carbons (Fsp3) is 0.500. The van der Waals surface area contributed by atoms with Gasteiger partial charge in [0.05, 0.1) is 18.1 Å². The maximum Gasteiger partial charge on any atom is 0.416 e. The first-order chi connectivity index (χ1) is 9.45. The summed E-state index contributed by atoms with van der Waals surface area (Å²) in [7, 11) is 0. The van der Waals surface area contributed by atoms with Crippen LogP contribution in [0, 0.1) is 0 Å². The molecule has 1 N–H and O–H groups in total. The zero-order chi connectivity index (χ0) is 14.6. The normalized spacial score (nSPS) is 16.4. The standard InChI is InChI=1S/C14H16F3NO2/c15-14(16,17)11-7-5-10(6-8-11)9-13(19)18-20-12-3-1-2-4-12/h5-8,12H,1-4,9H2,(H,18,19). The summed E-state index contributed by atoms with van der Waals surface area (Å²) < 4.78 is 37.1. The molecule has 0 atom stereocenters.